The molecule has 0 saturated carbocycles. The highest BCUT2D eigenvalue weighted by Crippen LogP contribution is 2.14. The summed E-state index contributed by atoms with van der Waals surface area (Å²) in [5.74, 6) is -0.730. The van der Waals surface area contributed by atoms with E-state index in [9.17, 15) is 4.79 Å². The Bertz CT molecular complexity index is 545. The number of carbonyl (C=O) groups is 1. The van der Waals surface area contributed by atoms with Gasteiger partial charge in [-0.2, -0.15) is 0 Å². The van der Waals surface area contributed by atoms with E-state index in [1.165, 1.54) is 0 Å². The van der Waals surface area contributed by atoms with E-state index in [1.807, 2.05) is 38.2 Å². The van der Waals surface area contributed by atoms with Crippen molar-refractivity contribution in [3.05, 3.63) is 36.0 Å². The molecule has 96 valence electrons. The molecule has 1 aromatic carbocycles. The number of carboxylic acid groups (broad SMARTS) is 1. The van der Waals surface area contributed by atoms with E-state index >= 15 is 0 Å². The van der Waals surface area contributed by atoms with Crippen molar-refractivity contribution >= 4 is 16.9 Å². The zero-order valence-electron chi connectivity index (χ0n) is 10.6. The fourth-order valence-electron chi connectivity index (χ4n) is 2.05. The molecule has 0 radical (unpaired) electrons. The van der Waals surface area contributed by atoms with Gasteiger partial charge in [-0.1, -0.05) is 19.9 Å². The van der Waals surface area contributed by atoms with Crippen molar-refractivity contribution in [2.45, 2.75) is 26.4 Å². The van der Waals surface area contributed by atoms with Gasteiger partial charge in [-0.25, -0.2) is 0 Å². The maximum Gasteiger partial charge on any atom is 0.320 e. The van der Waals surface area contributed by atoms with Gasteiger partial charge in [0.05, 0.1) is 0 Å². The van der Waals surface area contributed by atoms with Crippen LogP contribution in [0.1, 0.15) is 19.4 Å². The summed E-state index contributed by atoms with van der Waals surface area (Å²) < 4.78 is 0. The number of aromatic amines is 1. The highest BCUT2D eigenvalue weighted by Gasteiger charge is 2.20. The zero-order valence-corrected chi connectivity index (χ0v) is 10.6. The molecular weight excluding hydrogens is 228 g/mol. The molecule has 0 aliphatic rings. The molecule has 0 aliphatic carbocycles. The number of hydrogen-bond acceptors (Lipinski definition) is 2. The third-order valence-corrected chi connectivity index (χ3v) is 3.08. The van der Waals surface area contributed by atoms with Crippen LogP contribution in [0.25, 0.3) is 10.9 Å². The van der Waals surface area contributed by atoms with Crippen molar-refractivity contribution in [3.8, 4) is 0 Å². The lowest BCUT2D eigenvalue weighted by molar-refractivity contribution is -0.140. The molecule has 1 atom stereocenters. The Kier molecular flexibility index (Phi) is 3.67. The van der Waals surface area contributed by atoms with Gasteiger partial charge in [-0.15, -0.1) is 0 Å². The molecule has 0 aliphatic heterocycles. The van der Waals surface area contributed by atoms with Crippen molar-refractivity contribution < 1.29 is 9.90 Å². The predicted molar refractivity (Wildman–Crippen MR) is 71.4 cm³/mol. The SMILES string of the molecule is CC(C)C(NCc1ccc2[nH]ccc2c1)C(=O)O. The van der Waals surface area contributed by atoms with E-state index in [0.717, 1.165) is 16.5 Å². The summed E-state index contributed by atoms with van der Waals surface area (Å²) in [7, 11) is 0. The second-order valence-corrected chi connectivity index (χ2v) is 4.84. The highest BCUT2D eigenvalue weighted by molar-refractivity contribution is 5.80. The van der Waals surface area contributed by atoms with Crippen LogP contribution >= 0.6 is 0 Å². The highest BCUT2D eigenvalue weighted by atomic mass is 16.4. The minimum Gasteiger partial charge on any atom is -0.480 e. The Morgan fingerprint density at radius 2 is 2.17 bits per heavy atom. The summed E-state index contributed by atoms with van der Waals surface area (Å²) in [6.45, 7) is 4.37. The molecule has 0 spiro atoms. The number of H-pyrrole nitrogens is 1. The van der Waals surface area contributed by atoms with E-state index < -0.39 is 12.0 Å². The van der Waals surface area contributed by atoms with E-state index in [4.69, 9.17) is 5.11 Å². The van der Waals surface area contributed by atoms with Crippen LogP contribution in [-0.2, 0) is 11.3 Å². The van der Waals surface area contributed by atoms with Crippen LogP contribution in [0.3, 0.4) is 0 Å². The lowest BCUT2D eigenvalue weighted by Gasteiger charge is -2.17. The van der Waals surface area contributed by atoms with Crippen molar-refractivity contribution in [1.29, 1.82) is 0 Å². The summed E-state index contributed by atoms with van der Waals surface area (Å²) in [5, 5.41) is 13.3. The summed E-state index contributed by atoms with van der Waals surface area (Å²) in [6, 6.07) is 7.59. The quantitative estimate of drug-likeness (QED) is 0.758. The number of rotatable bonds is 5. The monoisotopic (exact) mass is 246 g/mol. The molecule has 2 rings (SSSR count). The Balaban J connectivity index is 2.06. The van der Waals surface area contributed by atoms with Gasteiger partial charge in [0.25, 0.3) is 0 Å². The molecule has 4 heteroatoms. The van der Waals surface area contributed by atoms with E-state index in [-0.39, 0.29) is 5.92 Å². The lowest BCUT2D eigenvalue weighted by atomic mass is 10.0. The number of benzene rings is 1. The number of carboxylic acids is 1. The molecule has 1 aromatic heterocycles. The fourth-order valence-corrected chi connectivity index (χ4v) is 2.05. The molecule has 0 saturated heterocycles. The second-order valence-electron chi connectivity index (χ2n) is 4.84. The number of aromatic nitrogens is 1. The maximum atomic E-state index is 11.1. The summed E-state index contributed by atoms with van der Waals surface area (Å²) in [5.41, 5.74) is 2.19. The van der Waals surface area contributed by atoms with Gasteiger partial charge >= 0.3 is 5.97 Å². The van der Waals surface area contributed by atoms with Crippen LogP contribution in [0.5, 0.6) is 0 Å². The molecule has 4 nitrogen and oxygen atoms in total. The Morgan fingerprint density at radius 1 is 1.39 bits per heavy atom. The predicted octanol–water partition coefficient (Wildman–Crippen LogP) is 2.37. The molecule has 1 unspecified atom stereocenters. The third-order valence-electron chi connectivity index (χ3n) is 3.08. The van der Waals surface area contributed by atoms with Gasteiger partial charge in [-0.3, -0.25) is 4.79 Å². The first-order chi connectivity index (χ1) is 8.58. The van der Waals surface area contributed by atoms with Gasteiger partial charge in [0, 0.05) is 18.3 Å². The molecule has 1 heterocycles. The Hall–Kier alpha value is -1.81. The Labute approximate surface area is 106 Å². The van der Waals surface area contributed by atoms with Crippen LogP contribution in [0.4, 0.5) is 0 Å². The first-order valence-corrected chi connectivity index (χ1v) is 6.10. The third kappa shape index (κ3) is 2.71. The Morgan fingerprint density at radius 3 is 2.83 bits per heavy atom. The van der Waals surface area contributed by atoms with Crippen molar-refractivity contribution in [3.63, 3.8) is 0 Å². The summed E-state index contributed by atoms with van der Waals surface area (Å²) in [4.78, 5) is 14.2. The minimum absolute atomic E-state index is 0.0680. The van der Waals surface area contributed by atoms with Gasteiger partial charge in [0.1, 0.15) is 6.04 Å². The smallest absolute Gasteiger partial charge is 0.320 e. The van der Waals surface area contributed by atoms with Crippen LogP contribution in [0.15, 0.2) is 30.5 Å². The number of aliphatic carboxylic acids is 1. The van der Waals surface area contributed by atoms with Gasteiger partial charge in [-0.05, 0) is 35.1 Å². The van der Waals surface area contributed by atoms with Gasteiger partial charge in [0.2, 0.25) is 0 Å². The van der Waals surface area contributed by atoms with Gasteiger partial charge < -0.3 is 15.4 Å². The first-order valence-electron chi connectivity index (χ1n) is 6.10. The van der Waals surface area contributed by atoms with E-state index in [2.05, 4.69) is 16.4 Å². The average Bonchev–Trinajstić information content (AvgIpc) is 2.75. The minimum atomic E-state index is -0.798. The topological polar surface area (TPSA) is 65.1 Å². The second kappa shape index (κ2) is 5.23. The molecule has 0 amide bonds. The normalized spacial score (nSPS) is 13.1. The lowest BCUT2D eigenvalue weighted by Crippen LogP contribution is -2.40. The first kappa shape index (κ1) is 12.6. The molecular formula is C14H18N2O2. The fraction of sp³-hybridized carbons (Fsp3) is 0.357. The standard InChI is InChI=1S/C14H18N2O2/c1-9(2)13(14(17)18)16-8-10-3-4-12-11(7-10)5-6-15-12/h3-7,9,13,15-16H,8H2,1-2H3,(H,17,18). The zero-order chi connectivity index (χ0) is 13.1. The molecule has 0 fully saturated rings. The van der Waals surface area contributed by atoms with Crippen LogP contribution < -0.4 is 5.32 Å². The van der Waals surface area contributed by atoms with Crippen molar-refractivity contribution in [2.24, 2.45) is 5.92 Å². The van der Waals surface area contributed by atoms with Crippen molar-refractivity contribution in [2.75, 3.05) is 0 Å². The average molecular weight is 246 g/mol. The maximum absolute atomic E-state index is 11.1. The van der Waals surface area contributed by atoms with E-state index in [1.54, 1.807) is 0 Å². The number of fused-ring (bicyclic) bond motifs is 1. The molecule has 18 heavy (non-hydrogen) atoms. The van der Waals surface area contributed by atoms with Crippen molar-refractivity contribution in [1.82, 2.24) is 10.3 Å². The van der Waals surface area contributed by atoms with E-state index in [0.29, 0.717) is 6.54 Å². The number of nitrogens with one attached hydrogen (secondary N) is 2. The van der Waals surface area contributed by atoms with Gasteiger partial charge in [0.15, 0.2) is 0 Å². The largest absolute Gasteiger partial charge is 0.480 e. The summed E-state index contributed by atoms with van der Waals surface area (Å²) in [6.07, 6.45) is 1.90. The van der Waals surface area contributed by atoms with Crippen LogP contribution in [-0.4, -0.2) is 22.1 Å². The summed E-state index contributed by atoms with van der Waals surface area (Å²) >= 11 is 0. The number of hydrogen-bond donors (Lipinski definition) is 3. The van der Waals surface area contributed by atoms with Crippen LogP contribution in [0.2, 0.25) is 0 Å². The molecule has 0 bridgehead atoms. The molecule has 2 aromatic rings. The van der Waals surface area contributed by atoms with Crippen LogP contribution in [0, 0.1) is 5.92 Å². The molecule has 3 N–H and O–H groups in total.